The summed E-state index contributed by atoms with van der Waals surface area (Å²) in [4.78, 5) is 14.3. The summed E-state index contributed by atoms with van der Waals surface area (Å²) in [6.07, 6.45) is 2.78. The molecule has 0 unspecified atom stereocenters. The maximum absolute atomic E-state index is 12.4. The fourth-order valence-electron chi connectivity index (χ4n) is 3.38. The molecule has 3 rings (SSSR count). The predicted octanol–water partition coefficient (Wildman–Crippen LogP) is 3.74. The Balaban J connectivity index is 1.50. The van der Waals surface area contributed by atoms with Crippen molar-refractivity contribution in [1.29, 1.82) is 0 Å². The Hall–Kier alpha value is -2.49. The molecule has 1 aliphatic rings. The number of piperidine rings is 1. The molecule has 2 aromatic rings. The number of benzene rings is 2. The third-order valence-corrected chi connectivity index (χ3v) is 4.92. The van der Waals surface area contributed by atoms with E-state index in [4.69, 9.17) is 4.74 Å². The van der Waals surface area contributed by atoms with Crippen LogP contribution >= 0.6 is 0 Å². The van der Waals surface area contributed by atoms with E-state index in [0.29, 0.717) is 11.7 Å². The average Bonchev–Trinajstić information content (AvgIpc) is 2.67. The third-order valence-electron chi connectivity index (χ3n) is 4.92. The maximum Gasteiger partial charge on any atom is 0.260 e. The Labute approximate surface area is 149 Å². The zero-order valence-electron chi connectivity index (χ0n) is 14.6. The van der Waals surface area contributed by atoms with Gasteiger partial charge in [0, 0.05) is 13.1 Å². The molecule has 4 nitrogen and oxygen atoms in total. The van der Waals surface area contributed by atoms with Crippen LogP contribution in [0.2, 0.25) is 0 Å². The highest BCUT2D eigenvalue weighted by molar-refractivity contribution is 5.78. The Morgan fingerprint density at radius 1 is 1.12 bits per heavy atom. The van der Waals surface area contributed by atoms with Gasteiger partial charge in [-0.05, 0) is 54.5 Å². The highest BCUT2D eigenvalue weighted by atomic mass is 16.5. The fourth-order valence-corrected chi connectivity index (χ4v) is 3.38. The Morgan fingerprint density at radius 2 is 1.80 bits per heavy atom. The lowest BCUT2D eigenvalue weighted by atomic mass is 9.89. The second-order valence-corrected chi connectivity index (χ2v) is 6.50. The van der Waals surface area contributed by atoms with E-state index in [1.807, 2.05) is 41.3 Å². The van der Waals surface area contributed by atoms with Gasteiger partial charge in [-0.2, -0.15) is 0 Å². The number of phenols is 1. The van der Waals surface area contributed by atoms with Crippen LogP contribution in [0.5, 0.6) is 11.5 Å². The van der Waals surface area contributed by atoms with E-state index in [0.717, 1.165) is 43.7 Å². The van der Waals surface area contributed by atoms with Crippen LogP contribution in [0.4, 0.5) is 0 Å². The summed E-state index contributed by atoms with van der Waals surface area (Å²) >= 11 is 0. The SMILES string of the molecule is CCc1ccccc1OCC(=O)N1CCC(c2ccc(O)cc2)CC1. The number of aromatic hydroxyl groups is 1. The largest absolute Gasteiger partial charge is 0.508 e. The van der Waals surface area contributed by atoms with Crippen molar-refractivity contribution in [2.75, 3.05) is 19.7 Å². The van der Waals surface area contributed by atoms with Gasteiger partial charge in [0.15, 0.2) is 6.61 Å². The average molecular weight is 339 g/mol. The molecule has 1 aliphatic heterocycles. The van der Waals surface area contributed by atoms with Crippen molar-refractivity contribution in [1.82, 2.24) is 4.90 Å². The number of ether oxygens (including phenoxy) is 1. The molecule has 1 amide bonds. The molecule has 0 saturated carbocycles. The van der Waals surface area contributed by atoms with Gasteiger partial charge in [-0.15, -0.1) is 0 Å². The molecule has 4 heteroatoms. The van der Waals surface area contributed by atoms with E-state index in [-0.39, 0.29) is 12.5 Å². The molecule has 0 bridgehead atoms. The standard InChI is InChI=1S/C21H25NO3/c1-2-16-5-3-4-6-20(16)25-15-21(24)22-13-11-18(12-14-22)17-7-9-19(23)10-8-17/h3-10,18,23H,2,11-15H2,1H3. The van der Waals surface area contributed by atoms with Crippen LogP contribution < -0.4 is 4.74 Å². The van der Waals surface area contributed by atoms with Crippen LogP contribution in [0.25, 0.3) is 0 Å². The molecule has 132 valence electrons. The van der Waals surface area contributed by atoms with E-state index < -0.39 is 0 Å². The summed E-state index contributed by atoms with van der Waals surface area (Å²) < 4.78 is 5.75. The third kappa shape index (κ3) is 4.32. The van der Waals surface area contributed by atoms with Crippen LogP contribution in [0.15, 0.2) is 48.5 Å². The maximum atomic E-state index is 12.4. The van der Waals surface area contributed by atoms with Crippen LogP contribution in [-0.4, -0.2) is 35.6 Å². The number of nitrogens with zero attached hydrogens (tertiary/aromatic N) is 1. The van der Waals surface area contributed by atoms with Gasteiger partial charge in [0.25, 0.3) is 5.91 Å². The fraction of sp³-hybridized carbons (Fsp3) is 0.381. The van der Waals surface area contributed by atoms with Gasteiger partial charge in [0.1, 0.15) is 11.5 Å². The van der Waals surface area contributed by atoms with Crippen LogP contribution in [0.1, 0.15) is 36.8 Å². The first-order valence-corrected chi connectivity index (χ1v) is 8.94. The quantitative estimate of drug-likeness (QED) is 0.903. The van der Waals surface area contributed by atoms with Crippen molar-refractivity contribution >= 4 is 5.91 Å². The van der Waals surface area contributed by atoms with Gasteiger partial charge in [0.05, 0.1) is 0 Å². The van der Waals surface area contributed by atoms with Crippen molar-refractivity contribution in [3.05, 3.63) is 59.7 Å². The van der Waals surface area contributed by atoms with Crippen molar-refractivity contribution in [3.8, 4) is 11.5 Å². The molecule has 0 aromatic heterocycles. The number of amides is 1. The molecule has 0 aliphatic carbocycles. The van der Waals surface area contributed by atoms with Crippen molar-refractivity contribution < 1.29 is 14.6 Å². The van der Waals surface area contributed by atoms with Gasteiger partial charge in [-0.3, -0.25) is 4.79 Å². The predicted molar refractivity (Wildman–Crippen MR) is 98.0 cm³/mol. The van der Waals surface area contributed by atoms with E-state index in [9.17, 15) is 9.90 Å². The molecule has 25 heavy (non-hydrogen) atoms. The monoisotopic (exact) mass is 339 g/mol. The smallest absolute Gasteiger partial charge is 0.260 e. The van der Waals surface area contributed by atoms with E-state index >= 15 is 0 Å². The molecule has 1 fully saturated rings. The molecular formula is C21H25NO3. The number of hydrogen-bond acceptors (Lipinski definition) is 3. The van der Waals surface area contributed by atoms with Crippen molar-refractivity contribution in [2.45, 2.75) is 32.1 Å². The first-order valence-electron chi connectivity index (χ1n) is 8.94. The summed E-state index contributed by atoms with van der Waals surface area (Å²) in [7, 11) is 0. The number of carbonyl (C=O) groups is 1. The lowest BCUT2D eigenvalue weighted by Crippen LogP contribution is -2.40. The van der Waals surface area contributed by atoms with Crippen molar-refractivity contribution in [3.63, 3.8) is 0 Å². The molecule has 0 atom stereocenters. The lowest BCUT2D eigenvalue weighted by Gasteiger charge is -2.32. The number of aryl methyl sites for hydroxylation is 1. The highest BCUT2D eigenvalue weighted by Gasteiger charge is 2.24. The lowest BCUT2D eigenvalue weighted by molar-refractivity contribution is -0.134. The number of carbonyl (C=O) groups excluding carboxylic acids is 1. The molecule has 0 spiro atoms. The van der Waals surface area contributed by atoms with E-state index in [1.54, 1.807) is 12.1 Å². The molecular weight excluding hydrogens is 314 g/mol. The zero-order chi connectivity index (χ0) is 17.6. The van der Waals surface area contributed by atoms with Crippen LogP contribution in [0.3, 0.4) is 0 Å². The Bertz CT molecular complexity index is 703. The van der Waals surface area contributed by atoms with Crippen LogP contribution in [-0.2, 0) is 11.2 Å². The Morgan fingerprint density at radius 3 is 2.48 bits per heavy atom. The number of hydrogen-bond donors (Lipinski definition) is 1. The van der Waals surface area contributed by atoms with Crippen LogP contribution in [0, 0.1) is 0 Å². The van der Waals surface area contributed by atoms with Gasteiger partial charge in [0.2, 0.25) is 0 Å². The van der Waals surface area contributed by atoms with Gasteiger partial charge in [-0.25, -0.2) is 0 Å². The minimum Gasteiger partial charge on any atom is -0.508 e. The second-order valence-electron chi connectivity index (χ2n) is 6.50. The minimum atomic E-state index is 0.0510. The minimum absolute atomic E-state index is 0.0510. The molecule has 1 heterocycles. The summed E-state index contributed by atoms with van der Waals surface area (Å²) in [6.45, 7) is 3.69. The first kappa shape index (κ1) is 17.3. The molecule has 1 saturated heterocycles. The van der Waals surface area contributed by atoms with E-state index in [1.165, 1.54) is 5.56 Å². The van der Waals surface area contributed by atoms with Gasteiger partial charge >= 0.3 is 0 Å². The molecule has 2 aromatic carbocycles. The molecule has 1 N–H and O–H groups in total. The van der Waals surface area contributed by atoms with Crippen molar-refractivity contribution in [2.24, 2.45) is 0 Å². The Kier molecular flexibility index (Phi) is 5.59. The summed E-state index contributed by atoms with van der Waals surface area (Å²) in [5, 5.41) is 9.39. The zero-order valence-corrected chi connectivity index (χ0v) is 14.6. The molecule has 0 radical (unpaired) electrons. The van der Waals surface area contributed by atoms with E-state index in [2.05, 4.69) is 6.92 Å². The highest BCUT2D eigenvalue weighted by Crippen LogP contribution is 2.29. The summed E-state index contributed by atoms with van der Waals surface area (Å²) in [5.74, 6) is 1.60. The summed E-state index contributed by atoms with van der Waals surface area (Å²) in [5.41, 5.74) is 2.36. The van der Waals surface area contributed by atoms with Gasteiger partial charge < -0.3 is 14.7 Å². The first-order chi connectivity index (χ1) is 12.2. The number of rotatable bonds is 5. The number of phenolic OH excluding ortho intramolecular Hbond substituents is 1. The summed E-state index contributed by atoms with van der Waals surface area (Å²) in [6, 6.07) is 15.3. The van der Waals surface area contributed by atoms with Gasteiger partial charge in [-0.1, -0.05) is 37.3 Å². The number of para-hydroxylation sites is 1. The second kappa shape index (κ2) is 8.06. The topological polar surface area (TPSA) is 49.8 Å². The normalized spacial score (nSPS) is 15.2. The number of likely N-dealkylation sites (tertiary alicyclic amines) is 1.